The lowest BCUT2D eigenvalue weighted by Crippen LogP contribution is -2.60. The summed E-state index contributed by atoms with van der Waals surface area (Å²) in [5, 5.41) is 0. The van der Waals surface area contributed by atoms with Crippen LogP contribution in [0.4, 0.5) is 0 Å². The molecule has 5 atom stereocenters. The van der Waals surface area contributed by atoms with Crippen molar-refractivity contribution in [3.8, 4) is 0 Å². The van der Waals surface area contributed by atoms with Crippen molar-refractivity contribution < 1.29 is 23.9 Å². The molecule has 34 heavy (non-hydrogen) atoms. The predicted molar refractivity (Wildman–Crippen MR) is 127 cm³/mol. The van der Waals surface area contributed by atoms with E-state index in [0.717, 1.165) is 6.42 Å². The molecular weight excluding hydrogens is 436 g/mol. The van der Waals surface area contributed by atoms with Crippen LogP contribution in [0.15, 0.2) is 24.8 Å². The van der Waals surface area contributed by atoms with Crippen LogP contribution in [0.5, 0.6) is 0 Å². The molecular formula is C25H38N4O5. The third-order valence-electron chi connectivity index (χ3n) is 7.33. The van der Waals surface area contributed by atoms with Crippen molar-refractivity contribution in [1.29, 1.82) is 0 Å². The SMILES string of the molecule is C=CC1CCC(C(=O)OC)N1C(=O)C1CCCN1C(=O)C1CC[C@@](N)(/C=C\CC)N1C(=O)CC. The molecule has 2 N–H and O–H groups in total. The summed E-state index contributed by atoms with van der Waals surface area (Å²) in [6.45, 7) is 8.00. The van der Waals surface area contributed by atoms with Gasteiger partial charge in [-0.25, -0.2) is 4.79 Å². The minimum absolute atomic E-state index is 0.182. The Bertz CT molecular complexity index is 858. The minimum Gasteiger partial charge on any atom is -0.467 e. The summed E-state index contributed by atoms with van der Waals surface area (Å²) in [5.41, 5.74) is 5.59. The Morgan fingerprint density at radius 2 is 1.79 bits per heavy atom. The van der Waals surface area contributed by atoms with Crippen molar-refractivity contribution in [3.63, 3.8) is 0 Å². The second-order valence-corrected chi connectivity index (χ2v) is 9.33. The normalized spacial score (nSPS) is 31.4. The Morgan fingerprint density at radius 3 is 2.41 bits per heavy atom. The van der Waals surface area contributed by atoms with Crippen LogP contribution < -0.4 is 5.73 Å². The number of allylic oxidation sites excluding steroid dienone is 1. The number of hydrogen-bond acceptors (Lipinski definition) is 6. The van der Waals surface area contributed by atoms with Crippen molar-refractivity contribution in [2.75, 3.05) is 13.7 Å². The molecule has 0 aromatic heterocycles. The minimum atomic E-state index is -1.01. The Balaban J connectivity index is 1.86. The Morgan fingerprint density at radius 1 is 1.06 bits per heavy atom. The summed E-state index contributed by atoms with van der Waals surface area (Å²) in [6, 6.07) is -2.36. The summed E-state index contributed by atoms with van der Waals surface area (Å²) in [4.78, 5) is 57.3. The second kappa shape index (κ2) is 10.7. The predicted octanol–water partition coefficient (Wildman–Crippen LogP) is 1.72. The fourth-order valence-electron chi connectivity index (χ4n) is 5.61. The number of carbonyl (C=O) groups excluding carboxylic acids is 4. The Labute approximate surface area is 201 Å². The number of carbonyl (C=O) groups is 4. The van der Waals surface area contributed by atoms with E-state index in [0.29, 0.717) is 45.1 Å². The third kappa shape index (κ3) is 4.62. The molecule has 4 unspecified atom stereocenters. The number of hydrogen-bond donors (Lipinski definition) is 1. The van der Waals surface area contributed by atoms with Crippen LogP contribution in [0.2, 0.25) is 0 Å². The van der Waals surface area contributed by atoms with E-state index in [1.807, 2.05) is 19.1 Å². The maximum absolute atomic E-state index is 13.8. The smallest absolute Gasteiger partial charge is 0.328 e. The van der Waals surface area contributed by atoms with E-state index < -0.39 is 29.8 Å². The molecule has 9 heteroatoms. The van der Waals surface area contributed by atoms with Crippen molar-refractivity contribution in [2.45, 2.75) is 95.0 Å². The number of ether oxygens (including phenoxy) is 1. The molecule has 0 aliphatic carbocycles. The zero-order valence-corrected chi connectivity index (χ0v) is 20.6. The molecule has 3 aliphatic heterocycles. The van der Waals surface area contributed by atoms with Gasteiger partial charge in [-0.15, -0.1) is 6.58 Å². The molecule has 3 fully saturated rings. The van der Waals surface area contributed by atoms with Crippen LogP contribution in [-0.4, -0.2) is 81.9 Å². The van der Waals surface area contributed by atoms with Gasteiger partial charge >= 0.3 is 5.97 Å². The van der Waals surface area contributed by atoms with Gasteiger partial charge in [0.2, 0.25) is 17.7 Å². The number of rotatable bonds is 7. The van der Waals surface area contributed by atoms with Crippen molar-refractivity contribution in [1.82, 2.24) is 14.7 Å². The Hall–Kier alpha value is -2.68. The monoisotopic (exact) mass is 474 g/mol. The molecule has 3 amide bonds. The first-order valence-corrected chi connectivity index (χ1v) is 12.4. The first-order valence-electron chi connectivity index (χ1n) is 12.4. The molecule has 0 spiro atoms. The summed E-state index contributed by atoms with van der Waals surface area (Å²) in [6.07, 6.45) is 9.64. The van der Waals surface area contributed by atoms with Gasteiger partial charge in [0.25, 0.3) is 0 Å². The number of nitrogens with zero attached hydrogens (tertiary/aromatic N) is 3. The van der Waals surface area contributed by atoms with Crippen LogP contribution in [0.1, 0.15) is 65.2 Å². The van der Waals surface area contributed by atoms with Crippen molar-refractivity contribution in [3.05, 3.63) is 24.8 Å². The topological polar surface area (TPSA) is 113 Å². The largest absolute Gasteiger partial charge is 0.467 e. The molecule has 0 bridgehead atoms. The van der Waals surface area contributed by atoms with Gasteiger partial charge in [-0.3, -0.25) is 14.4 Å². The molecule has 3 heterocycles. The van der Waals surface area contributed by atoms with Gasteiger partial charge in [0, 0.05) is 13.0 Å². The average Bonchev–Trinajstić information content (AvgIpc) is 3.57. The highest BCUT2D eigenvalue weighted by Crippen LogP contribution is 2.36. The zero-order chi connectivity index (χ0) is 25.0. The number of nitrogens with two attached hydrogens (primary N) is 1. The van der Waals surface area contributed by atoms with E-state index in [1.165, 1.54) is 16.9 Å². The highest BCUT2D eigenvalue weighted by atomic mass is 16.5. The molecule has 188 valence electrons. The zero-order valence-electron chi connectivity index (χ0n) is 20.6. The summed E-state index contributed by atoms with van der Waals surface area (Å²) < 4.78 is 4.92. The second-order valence-electron chi connectivity index (χ2n) is 9.33. The first kappa shape index (κ1) is 25.9. The van der Waals surface area contributed by atoms with Crippen LogP contribution in [0, 0.1) is 0 Å². The molecule has 9 nitrogen and oxygen atoms in total. The van der Waals surface area contributed by atoms with Crippen LogP contribution >= 0.6 is 0 Å². The molecule has 0 radical (unpaired) electrons. The summed E-state index contributed by atoms with van der Waals surface area (Å²) in [5.74, 6) is -1.16. The highest BCUT2D eigenvalue weighted by molar-refractivity contribution is 5.95. The van der Waals surface area contributed by atoms with Gasteiger partial charge in [-0.1, -0.05) is 26.0 Å². The highest BCUT2D eigenvalue weighted by Gasteiger charge is 2.51. The average molecular weight is 475 g/mol. The fourth-order valence-corrected chi connectivity index (χ4v) is 5.61. The van der Waals surface area contributed by atoms with Crippen LogP contribution in [0.3, 0.4) is 0 Å². The number of esters is 1. The lowest BCUT2D eigenvalue weighted by Gasteiger charge is -2.38. The van der Waals surface area contributed by atoms with Crippen molar-refractivity contribution >= 4 is 23.7 Å². The number of amides is 3. The summed E-state index contributed by atoms with van der Waals surface area (Å²) >= 11 is 0. The van der Waals surface area contributed by atoms with E-state index in [2.05, 4.69) is 6.58 Å². The van der Waals surface area contributed by atoms with Gasteiger partial charge in [-0.05, 0) is 51.0 Å². The van der Waals surface area contributed by atoms with Gasteiger partial charge < -0.3 is 25.2 Å². The molecule has 3 rings (SSSR count). The van der Waals surface area contributed by atoms with Gasteiger partial charge in [-0.2, -0.15) is 0 Å². The lowest BCUT2D eigenvalue weighted by molar-refractivity contribution is -0.156. The van der Waals surface area contributed by atoms with E-state index in [1.54, 1.807) is 17.9 Å². The van der Waals surface area contributed by atoms with E-state index in [-0.39, 0.29) is 30.2 Å². The first-order chi connectivity index (χ1) is 16.2. The third-order valence-corrected chi connectivity index (χ3v) is 7.33. The van der Waals surface area contributed by atoms with E-state index in [4.69, 9.17) is 10.5 Å². The maximum atomic E-state index is 13.8. The molecule has 0 aromatic rings. The summed E-state index contributed by atoms with van der Waals surface area (Å²) in [7, 11) is 1.31. The van der Waals surface area contributed by atoms with E-state index >= 15 is 0 Å². The van der Waals surface area contributed by atoms with Gasteiger partial charge in [0.1, 0.15) is 23.8 Å². The molecule has 0 saturated carbocycles. The van der Waals surface area contributed by atoms with E-state index in [9.17, 15) is 19.2 Å². The van der Waals surface area contributed by atoms with Gasteiger partial charge in [0.15, 0.2) is 0 Å². The maximum Gasteiger partial charge on any atom is 0.328 e. The quantitative estimate of drug-likeness (QED) is 0.444. The molecule has 3 aliphatic rings. The van der Waals surface area contributed by atoms with Crippen LogP contribution in [-0.2, 0) is 23.9 Å². The number of likely N-dealkylation sites (tertiary alicyclic amines) is 3. The standard InChI is InChI=1S/C25H38N4O5/c1-5-8-14-25(26)15-13-19(29(25)21(30)7-3)22(31)27-16-9-10-18(27)23(32)28-17(6-2)11-12-20(28)24(33)34-4/h6,8,14,17-20H,2,5,7,9-13,15-16,26H2,1,3-4H3/b14-8-/t17?,18?,19?,20?,25-/m1/s1. The van der Waals surface area contributed by atoms with Gasteiger partial charge in [0.05, 0.1) is 13.2 Å². The Kier molecular flexibility index (Phi) is 8.17. The fraction of sp³-hybridized carbons (Fsp3) is 0.680. The number of methoxy groups -OCH3 is 1. The van der Waals surface area contributed by atoms with Crippen LogP contribution in [0.25, 0.3) is 0 Å². The molecule has 0 aromatic carbocycles. The van der Waals surface area contributed by atoms with Crippen molar-refractivity contribution in [2.24, 2.45) is 5.73 Å². The lowest BCUT2D eigenvalue weighted by atomic mass is 10.1. The molecule has 3 saturated heterocycles.